The van der Waals surface area contributed by atoms with Gasteiger partial charge < -0.3 is 10.1 Å². The number of sulfonamides is 1. The molecule has 0 aliphatic carbocycles. The van der Waals surface area contributed by atoms with Gasteiger partial charge in [0.1, 0.15) is 16.5 Å². The number of benzene rings is 3. The molecule has 0 aliphatic heterocycles. The molecule has 0 bridgehead atoms. The summed E-state index contributed by atoms with van der Waals surface area (Å²) in [6.07, 6.45) is 0. The predicted octanol–water partition coefficient (Wildman–Crippen LogP) is 4.13. The molecular weight excluding hydrogens is 407 g/mol. The summed E-state index contributed by atoms with van der Waals surface area (Å²) in [5.41, 5.74) is 1.17. The Bertz CT molecular complexity index is 1130. The molecule has 8 heteroatoms. The van der Waals surface area contributed by atoms with Gasteiger partial charge in [0.2, 0.25) is 0 Å². The summed E-state index contributed by atoms with van der Waals surface area (Å²) in [6, 6.07) is 18.4. The van der Waals surface area contributed by atoms with Crippen LogP contribution < -0.4 is 14.8 Å². The Morgan fingerprint density at radius 3 is 2.30 bits per heavy atom. The molecule has 0 aromatic heterocycles. The summed E-state index contributed by atoms with van der Waals surface area (Å²) in [7, 11) is -2.76. The molecule has 0 radical (unpaired) electrons. The minimum absolute atomic E-state index is 0.0364. The number of carbonyl (C=O) groups is 1. The van der Waals surface area contributed by atoms with Crippen molar-refractivity contribution in [1.29, 1.82) is 0 Å². The number of hydrogen-bond acceptors (Lipinski definition) is 4. The molecule has 1 amide bonds. The number of hydrogen-bond donors (Lipinski definition) is 2. The molecular formula is C22H21FN2O4S. The topological polar surface area (TPSA) is 84.5 Å². The minimum Gasteiger partial charge on any atom is -0.497 e. The highest BCUT2D eigenvalue weighted by Gasteiger charge is 2.22. The first kappa shape index (κ1) is 21.3. The second-order valence-corrected chi connectivity index (χ2v) is 8.24. The Morgan fingerprint density at radius 1 is 1.00 bits per heavy atom. The highest BCUT2D eigenvalue weighted by Crippen LogP contribution is 2.22. The third kappa shape index (κ3) is 4.96. The maximum Gasteiger partial charge on any atom is 0.264 e. The third-order valence-electron chi connectivity index (χ3n) is 4.47. The first-order chi connectivity index (χ1) is 14.3. The van der Waals surface area contributed by atoms with E-state index in [9.17, 15) is 17.6 Å². The number of methoxy groups -OCH3 is 1. The fourth-order valence-corrected chi connectivity index (χ4v) is 3.99. The normalized spacial score (nSPS) is 12.1. The predicted molar refractivity (Wildman–Crippen MR) is 113 cm³/mol. The van der Waals surface area contributed by atoms with Crippen LogP contribution in [0.15, 0.2) is 77.7 Å². The summed E-state index contributed by atoms with van der Waals surface area (Å²) in [5.74, 6) is -0.911. The monoisotopic (exact) mass is 428 g/mol. The van der Waals surface area contributed by atoms with Crippen molar-refractivity contribution in [2.24, 2.45) is 0 Å². The van der Waals surface area contributed by atoms with Gasteiger partial charge in [0, 0.05) is 11.3 Å². The fourth-order valence-electron chi connectivity index (χ4n) is 2.82. The SMILES string of the molecule is COc1ccc(NS(=O)(=O)c2cc(C(=O)NC(C)c3ccccc3)ccc2F)cc1. The van der Waals surface area contributed by atoms with Crippen LogP contribution in [-0.2, 0) is 10.0 Å². The number of halogens is 1. The van der Waals surface area contributed by atoms with E-state index in [1.807, 2.05) is 30.3 Å². The van der Waals surface area contributed by atoms with E-state index >= 15 is 0 Å². The maximum atomic E-state index is 14.3. The van der Waals surface area contributed by atoms with Crippen molar-refractivity contribution >= 4 is 21.6 Å². The third-order valence-corrected chi connectivity index (χ3v) is 5.87. The van der Waals surface area contributed by atoms with Crippen molar-refractivity contribution < 1.29 is 22.3 Å². The van der Waals surface area contributed by atoms with Crippen molar-refractivity contribution in [3.8, 4) is 5.75 Å². The Morgan fingerprint density at radius 2 is 1.67 bits per heavy atom. The Hall–Kier alpha value is -3.39. The van der Waals surface area contributed by atoms with Crippen LogP contribution in [0.25, 0.3) is 0 Å². The Balaban J connectivity index is 1.82. The lowest BCUT2D eigenvalue weighted by Crippen LogP contribution is -2.27. The van der Waals surface area contributed by atoms with Crippen molar-refractivity contribution in [1.82, 2.24) is 5.32 Å². The van der Waals surface area contributed by atoms with E-state index in [1.165, 1.54) is 25.3 Å². The van der Waals surface area contributed by atoms with Crippen LogP contribution in [0.4, 0.5) is 10.1 Å². The van der Waals surface area contributed by atoms with E-state index in [2.05, 4.69) is 10.0 Å². The molecule has 0 spiro atoms. The van der Waals surface area contributed by atoms with Crippen LogP contribution in [0, 0.1) is 5.82 Å². The summed E-state index contributed by atoms with van der Waals surface area (Å²) >= 11 is 0. The first-order valence-electron chi connectivity index (χ1n) is 9.12. The molecule has 1 atom stereocenters. The molecule has 0 saturated carbocycles. The minimum atomic E-state index is -4.25. The van der Waals surface area contributed by atoms with Gasteiger partial charge in [-0.3, -0.25) is 9.52 Å². The highest BCUT2D eigenvalue weighted by atomic mass is 32.2. The van der Waals surface area contributed by atoms with Gasteiger partial charge in [0.25, 0.3) is 15.9 Å². The molecule has 3 rings (SSSR count). The molecule has 2 N–H and O–H groups in total. The van der Waals surface area contributed by atoms with Crippen LogP contribution in [0.2, 0.25) is 0 Å². The zero-order valence-corrected chi connectivity index (χ0v) is 17.2. The van der Waals surface area contributed by atoms with Gasteiger partial charge >= 0.3 is 0 Å². The Kier molecular flexibility index (Phi) is 6.37. The summed E-state index contributed by atoms with van der Waals surface area (Å²) in [6.45, 7) is 1.81. The number of carbonyl (C=O) groups excluding carboxylic acids is 1. The quantitative estimate of drug-likeness (QED) is 0.593. The largest absolute Gasteiger partial charge is 0.497 e. The average Bonchev–Trinajstić information content (AvgIpc) is 2.74. The Labute approximate surface area is 174 Å². The fraction of sp³-hybridized carbons (Fsp3) is 0.136. The molecule has 0 fully saturated rings. The lowest BCUT2D eigenvalue weighted by Gasteiger charge is -2.15. The molecule has 1 unspecified atom stereocenters. The van der Waals surface area contributed by atoms with Crippen molar-refractivity contribution in [3.05, 3.63) is 89.7 Å². The standard InChI is InChI=1S/C22H21FN2O4S/c1-15(16-6-4-3-5-7-16)24-22(26)17-8-13-20(23)21(14-17)30(27,28)25-18-9-11-19(29-2)12-10-18/h3-15,25H,1-2H3,(H,24,26). The summed E-state index contributed by atoms with van der Waals surface area (Å²) < 4.78 is 47.0. The van der Waals surface area contributed by atoms with Gasteiger partial charge in [-0.25, -0.2) is 12.8 Å². The van der Waals surface area contributed by atoms with Crippen molar-refractivity contribution in [2.45, 2.75) is 17.9 Å². The molecule has 0 saturated heterocycles. The molecule has 156 valence electrons. The zero-order valence-electron chi connectivity index (χ0n) is 16.4. The number of nitrogens with one attached hydrogen (secondary N) is 2. The van der Waals surface area contributed by atoms with E-state index < -0.39 is 26.6 Å². The number of anilines is 1. The van der Waals surface area contributed by atoms with E-state index in [4.69, 9.17) is 4.74 Å². The lowest BCUT2D eigenvalue weighted by molar-refractivity contribution is 0.0939. The van der Waals surface area contributed by atoms with E-state index in [1.54, 1.807) is 19.1 Å². The highest BCUT2D eigenvalue weighted by molar-refractivity contribution is 7.92. The van der Waals surface area contributed by atoms with Crippen LogP contribution in [0.1, 0.15) is 28.9 Å². The van der Waals surface area contributed by atoms with E-state index in [0.29, 0.717) is 5.75 Å². The number of amides is 1. The van der Waals surface area contributed by atoms with Crippen molar-refractivity contribution in [2.75, 3.05) is 11.8 Å². The second-order valence-electron chi connectivity index (χ2n) is 6.59. The van der Waals surface area contributed by atoms with Crippen LogP contribution in [-0.4, -0.2) is 21.4 Å². The van der Waals surface area contributed by atoms with Crippen LogP contribution >= 0.6 is 0 Å². The van der Waals surface area contributed by atoms with Crippen LogP contribution in [0.3, 0.4) is 0 Å². The van der Waals surface area contributed by atoms with Crippen molar-refractivity contribution in [3.63, 3.8) is 0 Å². The zero-order chi connectivity index (χ0) is 21.7. The summed E-state index contributed by atoms with van der Waals surface area (Å²) in [4.78, 5) is 12.0. The van der Waals surface area contributed by atoms with Crippen LogP contribution in [0.5, 0.6) is 5.75 Å². The van der Waals surface area contributed by atoms with Gasteiger partial charge in [-0.05, 0) is 55.0 Å². The van der Waals surface area contributed by atoms with E-state index in [-0.39, 0.29) is 17.3 Å². The first-order valence-corrected chi connectivity index (χ1v) is 10.6. The molecule has 30 heavy (non-hydrogen) atoms. The average molecular weight is 428 g/mol. The van der Waals surface area contributed by atoms with Gasteiger partial charge in [0.05, 0.1) is 13.2 Å². The van der Waals surface area contributed by atoms with Gasteiger partial charge in [-0.15, -0.1) is 0 Å². The lowest BCUT2D eigenvalue weighted by atomic mass is 10.1. The number of rotatable bonds is 7. The second kappa shape index (κ2) is 8.96. The smallest absolute Gasteiger partial charge is 0.264 e. The molecule has 0 heterocycles. The molecule has 3 aromatic rings. The van der Waals surface area contributed by atoms with E-state index in [0.717, 1.165) is 17.7 Å². The van der Waals surface area contributed by atoms with Gasteiger partial charge in [-0.1, -0.05) is 30.3 Å². The van der Waals surface area contributed by atoms with Gasteiger partial charge in [-0.2, -0.15) is 0 Å². The number of ether oxygens (including phenoxy) is 1. The summed E-state index contributed by atoms with van der Waals surface area (Å²) in [5, 5.41) is 2.78. The maximum absolute atomic E-state index is 14.3. The molecule has 3 aromatic carbocycles. The molecule has 6 nitrogen and oxygen atoms in total. The molecule has 0 aliphatic rings. The van der Waals surface area contributed by atoms with Gasteiger partial charge in [0.15, 0.2) is 0 Å².